The summed E-state index contributed by atoms with van der Waals surface area (Å²) in [4.78, 5) is 0. The van der Waals surface area contributed by atoms with Gasteiger partial charge in [0.15, 0.2) is 0 Å². The van der Waals surface area contributed by atoms with Gasteiger partial charge in [0.05, 0.1) is 0 Å². The van der Waals surface area contributed by atoms with Crippen molar-refractivity contribution >= 4 is 27.9 Å². The van der Waals surface area contributed by atoms with E-state index in [1.54, 1.807) is 5.57 Å². The number of rotatable bonds is 16. The molecular formula is C82H92. The summed E-state index contributed by atoms with van der Waals surface area (Å²) in [5.41, 5.74) is 26.2. The van der Waals surface area contributed by atoms with Crippen molar-refractivity contribution < 1.29 is 0 Å². The Balaban J connectivity index is 0.000000857. The molecule has 3 aliphatic carbocycles. The summed E-state index contributed by atoms with van der Waals surface area (Å²) in [5, 5.41) is 0. The quantitative estimate of drug-likeness (QED) is 0.0669. The van der Waals surface area contributed by atoms with Crippen LogP contribution in [0.15, 0.2) is 271 Å². The molecule has 0 nitrogen and oxygen atoms in total. The van der Waals surface area contributed by atoms with Crippen molar-refractivity contribution in [2.75, 3.05) is 0 Å². The molecule has 82 heavy (non-hydrogen) atoms. The van der Waals surface area contributed by atoms with E-state index in [1.807, 2.05) is 45.9 Å². The van der Waals surface area contributed by atoms with Gasteiger partial charge in [-0.15, -0.1) is 12.8 Å². The maximum Gasteiger partial charge on any atom is -0.000395 e. The van der Waals surface area contributed by atoms with Gasteiger partial charge in [-0.1, -0.05) is 289 Å². The molecule has 0 fully saturated rings. The normalized spacial score (nSPS) is 14.8. The minimum Gasteiger partial charge on any atom is -0.124 e. The van der Waals surface area contributed by atoms with Crippen LogP contribution in [0, 0.1) is 39.5 Å². The molecule has 0 amide bonds. The number of aryl methyl sites for hydroxylation is 3. The fraction of sp³-hybridized carbons (Fsp3) is 0.244. The van der Waals surface area contributed by atoms with Crippen LogP contribution < -0.4 is 0 Å². The van der Waals surface area contributed by atoms with Crippen molar-refractivity contribution in [3.63, 3.8) is 0 Å². The zero-order valence-corrected chi connectivity index (χ0v) is 51.5. The number of terminal acetylenes is 1. The Morgan fingerprint density at radius 2 is 1.22 bits per heavy atom. The molecule has 3 aliphatic rings. The van der Waals surface area contributed by atoms with Gasteiger partial charge >= 0.3 is 0 Å². The second-order valence-corrected chi connectivity index (χ2v) is 20.8. The molecule has 0 aliphatic heterocycles. The highest BCUT2D eigenvalue weighted by molar-refractivity contribution is 5.90. The van der Waals surface area contributed by atoms with Crippen LogP contribution in [0.25, 0.3) is 27.9 Å². The first-order chi connectivity index (χ1) is 40.1. The molecule has 0 radical (unpaired) electrons. The minimum atomic E-state index is 0.180. The van der Waals surface area contributed by atoms with Crippen molar-refractivity contribution in [2.45, 2.75) is 128 Å². The Morgan fingerprint density at radius 3 is 1.89 bits per heavy atom. The molecule has 0 heterocycles. The molecule has 0 heteroatoms. The summed E-state index contributed by atoms with van der Waals surface area (Å²) in [6, 6.07) is 57.0. The highest BCUT2D eigenvalue weighted by Gasteiger charge is 2.19. The molecule has 0 aromatic heterocycles. The number of hydrogen-bond donors (Lipinski definition) is 0. The Morgan fingerprint density at radius 1 is 0.598 bits per heavy atom. The maximum atomic E-state index is 4.00. The smallest absolute Gasteiger partial charge is 0.000395 e. The Bertz CT molecular complexity index is 3370. The van der Waals surface area contributed by atoms with Gasteiger partial charge in [0.25, 0.3) is 0 Å². The van der Waals surface area contributed by atoms with Gasteiger partial charge in [-0.2, -0.15) is 0 Å². The van der Waals surface area contributed by atoms with E-state index in [1.165, 1.54) is 106 Å². The predicted octanol–water partition coefficient (Wildman–Crippen LogP) is 23.4. The van der Waals surface area contributed by atoms with Crippen LogP contribution in [0.3, 0.4) is 0 Å². The molecule has 420 valence electrons. The van der Waals surface area contributed by atoms with Gasteiger partial charge in [0, 0.05) is 0 Å². The first kappa shape index (κ1) is 64.6. The van der Waals surface area contributed by atoms with E-state index in [-0.39, 0.29) is 5.92 Å². The Hall–Kier alpha value is -8.24. The van der Waals surface area contributed by atoms with Crippen LogP contribution in [0.5, 0.6) is 0 Å². The van der Waals surface area contributed by atoms with Crippen molar-refractivity contribution in [3.8, 4) is 12.8 Å². The zero-order valence-electron chi connectivity index (χ0n) is 51.5. The fourth-order valence-corrected chi connectivity index (χ4v) is 10.5. The molecule has 6 aromatic rings. The van der Waals surface area contributed by atoms with Crippen LogP contribution in [0.2, 0.25) is 0 Å². The van der Waals surface area contributed by atoms with E-state index in [2.05, 4.69) is 286 Å². The molecule has 0 spiro atoms. The molecule has 1 atom stereocenters. The third-order valence-electron chi connectivity index (χ3n) is 15.0. The van der Waals surface area contributed by atoms with Crippen molar-refractivity contribution in [1.82, 2.24) is 0 Å². The van der Waals surface area contributed by atoms with Crippen LogP contribution >= 0.6 is 0 Å². The highest BCUT2D eigenvalue weighted by Crippen LogP contribution is 2.38. The summed E-state index contributed by atoms with van der Waals surface area (Å²) in [7, 11) is 0. The number of benzene rings is 6. The number of allylic oxidation sites excluding steroid dienone is 23. The summed E-state index contributed by atoms with van der Waals surface area (Å²) < 4.78 is 0. The molecule has 6 aromatic carbocycles. The van der Waals surface area contributed by atoms with E-state index in [4.69, 9.17) is 0 Å². The van der Waals surface area contributed by atoms with E-state index < -0.39 is 0 Å². The summed E-state index contributed by atoms with van der Waals surface area (Å²) in [6.07, 6.45) is 49.5. The van der Waals surface area contributed by atoms with Gasteiger partial charge in [0.1, 0.15) is 0 Å². The second-order valence-electron chi connectivity index (χ2n) is 20.8. The SMILES string of the molecule is C#C.CC.CC.CCC1=CC(C(C)/C=C(/c2cccc(C(/C=C(\C)c3ccccc3)=C/CC3=CC=CCC3)c2)c2cc(C(=C/C=CCc3ccccc3)/C=C(\C)c3ccccc3C)ccc2C)=CCC2=C1C=CCC2.Cc1ccccc1. The fourth-order valence-electron chi connectivity index (χ4n) is 10.5. The predicted molar refractivity (Wildman–Crippen MR) is 365 cm³/mol. The molecule has 0 N–H and O–H groups in total. The highest BCUT2D eigenvalue weighted by atomic mass is 14.2. The van der Waals surface area contributed by atoms with Crippen molar-refractivity contribution in [1.29, 1.82) is 0 Å². The maximum absolute atomic E-state index is 4.00. The minimum absolute atomic E-state index is 0.180. The average molecular weight is 1080 g/mol. The molecule has 0 bridgehead atoms. The van der Waals surface area contributed by atoms with Gasteiger partial charge < -0.3 is 0 Å². The molecule has 1 unspecified atom stereocenters. The largest absolute Gasteiger partial charge is 0.124 e. The first-order valence-electron chi connectivity index (χ1n) is 30.2. The van der Waals surface area contributed by atoms with Gasteiger partial charge in [-0.3, -0.25) is 0 Å². The Labute approximate surface area is 497 Å². The van der Waals surface area contributed by atoms with Crippen LogP contribution in [-0.4, -0.2) is 0 Å². The third-order valence-corrected chi connectivity index (χ3v) is 15.0. The lowest BCUT2D eigenvalue weighted by Gasteiger charge is -2.19. The monoisotopic (exact) mass is 1080 g/mol. The average Bonchev–Trinajstić information content (AvgIpc) is 3.88. The summed E-state index contributed by atoms with van der Waals surface area (Å²) >= 11 is 0. The van der Waals surface area contributed by atoms with E-state index in [0.717, 1.165) is 51.4 Å². The van der Waals surface area contributed by atoms with Gasteiger partial charge in [0.2, 0.25) is 0 Å². The van der Waals surface area contributed by atoms with E-state index in [9.17, 15) is 0 Å². The topological polar surface area (TPSA) is 0 Å². The van der Waals surface area contributed by atoms with Crippen molar-refractivity contribution in [2.24, 2.45) is 5.92 Å². The molecule has 0 saturated carbocycles. The second kappa shape index (κ2) is 35.5. The van der Waals surface area contributed by atoms with Crippen molar-refractivity contribution in [3.05, 3.63) is 326 Å². The standard InChI is InChI=1S/C69H70.C7H8.2C2H6.C2H2/c1-7-57-47-60(43-42-59-32-20-22-37-67(57)59)53(5)46-69(65-35-23-34-62(48-65)63(41-39-56-27-13-9-14-28-56)44-52(4)58-30-15-10-16-31-58)68-49-64(40-38-51(68)3)61(33-19-18-29-55-25-11-8-12-26-55)45-54(6)66-36-21-17-24-50(66)2;1-7-5-3-2-4-6-7;3*1-2/h8-13,15-19,21-27,30-31,33-38,40-41,43-49,53H,7,14,20,28-29,32,39,42H2,1-6H3;2-6H,1H3;2*1-2H3;1-2H/b19-18?,52-44+,54-45+,61-33+,63-41+,69-46-;;;;. The number of hydrogen-bond acceptors (Lipinski definition) is 0. The van der Waals surface area contributed by atoms with Gasteiger partial charge in [-0.25, -0.2) is 0 Å². The van der Waals surface area contributed by atoms with Crippen LogP contribution in [0.1, 0.15) is 156 Å². The summed E-state index contributed by atoms with van der Waals surface area (Å²) in [5.74, 6) is 0.180. The van der Waals surface area contributed by atoms with Crippen LogP contribution in [-0.2, 0) is 6.42 Å². The van der Waals surface area contributed by atoms with Crippen LogP contribution in [0.4, 0.5) is 0 Å². The van der Waals surface area contributed by atoms with E-state index >= 15 is 0 Å². The lowest BCUT2D eigenvalue weighted by Crippen LogP contribution is -2.01. The Kier molecular flexibility index (Phi) is 27.9. The molecule has 0 saturated heterocycles. The molecular weight excluding hydrogens is 985 g/mol. The lowest BCUT2D eigenvalue weighted by atomic mass is 9.85. The first-order valence-corrected chi connectivity index (χ1v) is 30.2. The zero-order chi connectivity index (χ0) is 59.1. The van der Waals surface area contributed by atoms with E-state index in [0.29, 0.717) is 0 Å². The third kappa shape index (κ3) is 19.5. The van der Waals surface area contributed by atoms with Gasteiger partial charge in [-0.05, 0) is 199 Å². The lowest BCUT2D eigenvalue weighted by molar-refractivity contribution is 0.874. The molecule has 9 rings (SSSR count). The summed E-state index contributed by atoms with van der Waals surface area (Å²) in [6.45, 7) is 23.8.